The van der Waals surface area contributed by atoms with Gasteiger partial charge in [0.15, 0.2) is 0 Å². The van der Waals surface area contributed by atoms with Crippen LogP contribution in [-0.2, 0) is 11.3 Å². The summed E-state index contributed by atoms with van der Waals surface area (Å²) in [4.78, 5) is 6.91. The number of pyridine rings is 1. The molecule has 0 saturated carbocycles. The molecule has 21 heavy (non-hydrogen) atoms. The summed E-state index contributed by atoms with van der Waals surface area (Å²) in [6.07, 6.45) is 3.07. The van der Waals surface area contributed by atoms with Crippen LogP contribution in [0.4, 0.5) is 5.82 Å². The molecule has 0 atom stereocenters. The maximum absolute atomic E-state index is 6.14. The Balaban J connectivity index is 2.11. The van der Waals surface area contributed by atoms with Crippen molar-refractivity contribution >= 4 is 5.82 Å². The quantitative estimate of drug-likeness (QED) is 0.846. The largest absolute Gasteiger partial charge is 0.366 e. The monoisotopic (exact) mass is 291 g/mol. The van der Waals surface area contributed by atoms with Crippen molar-refractivity contribution in [1.82, 2.24) is 10.3 Å². The van der Waals surface area contributed by atoms with Crippen molar-refractivity contribution in [3.63, 3.8) is 0 Å². The molecule has 1 fully saturated rings. The Hall–Kier alpha value is -1.13. The molecular weight excluding hydrogens is 262 g/mol. The van der Waals surface area contributed by atoms with Crippen molar-refractivity contribution in [3.8, 4) is 0 Å². The third-order valence-corrected chi connectivity index (χ3v) is 3.59. The second kappa shape index (κ2) is 6.32. The van der Waals surface area contributed by atoms with Crippen LogP contribution < -0.4 is 10.2 Å². The molecular formula is C17H29N3O. The molecule has 118 valence electrons. The molecule has 0 spiro atoms. The van der Waals surface area contributed by atoms with Crippen LogP contribution in [0.15, 0.2) is 18.3 Å². The third kappa shape index (κ3) is 4.68. The molecule has 0 radical (unpaired) electrons. The third-order valence-electron chi connectivity index (χ3n) is 3.59. The first kappa shape index (κ1) is 16.2. The number of hydrogen-bond acceptors (Lipinski definition) is 4. The molecule has 1 aromatic heterocycles. The second-order valence-corrected chi connectivity index (χ2v) is 7.18. The second-order valence-electron chi connectivity index (χ2n) is 7.18. The number of hydrogen-bond donors (Lipinski definition) is 1. The molecule has 1 saturated heterocycles. The minimum absolute atomic E-state index is 0.153. The predicted octanol–water partition coefficient (Wildman–Crippen LogP) is 2.98. The fourth-order valence-corrected chi connectivity index (χ4v) is 3.10. The van der Waals surface area contributed by atoms with Gasteiger partial charge in [0, 0.05) is 25.8 Å². The number of nitrogens with one attached hydrogen (secondary N) is 1. The highest BCUT2D eigenvalue weighted by molar-refractivity contribution is 5.42. The Morgan fingerprint density at radius 2 is 1.90 bits per heavy atom. The Morgan fingerprint density at radius 3 is 2.52 bits per heavy atom. The lowest BCUT2D eigenvalue weighted by Crippen LogP contribution is -2.57. The Morgan fingerprint density at radius 1 is 1.24 bits per heavy atom. The SMILES string of the molecule is CCCNCc1ccnc(N2CC(C)(C)OC(C)(C)C2)c1. The smallest absolute Gasteiger partial charge is 0.128 e. The molecule has 0 aliphatic carbocycles. The number of ether oxygens (including phenoxy) is 1. The summed E-state index contributed by atoms with van der Waals surface area (Å²) in [5.74, 6) is 1.05. The highest BCUT2D eigenvalue weighted by atomic mass is 16.5. The standard InChI is InChI=1S/C17H29N3O/c1-6-8-18-11-14-7-9-19-15(10-14)20-12-16(2,3)21-17(4,5)13-20/h7,9-10,18H,6,8,11-13H2,1-5H3. The van der Waals surface area contributed by atoms with Crippen LogP contribution in [-0.4, -0.2) is 35.8 Å². The van der Waals surface area contributed by atoms with E-state index in [2.05, 4.69) is 62.0 Å². The zero-order valence-electron chi connectivity index (χ0n) is 14.1. The van der Waals surface area contributed by atoms with Gasteiger partial charge < -0.3 is 15.0 Å². The highest BCUT2D eigenvalue weighted by Crippen LogP contribution is 2.30. The van der Waals surface area contributed by atoms with Crippen LogP contribution >= 0.6 is 0 Å². The molecule has 4 nitrogen and oxygen atoms in total. The van der Waals surface area contributed by atoms with Gasteiger partial charge >= 0.3 is 0 Å². The number of aromatic nitrogens is 1. The molecule has 0 bridgehead atoms. The molecule has 1 aliphatic heterocycles. The maximum Gasteiger partial charge on any atom is 0.128 e. The summed E-state index contributed by atoms with van der Waals surface area (Å²) in [6.45, 7) is 14.5. The average Bonchev–Trinajstić information content (AvgIpc) is 2.36. The van der Waals surface area contributed by atoms with Crippen LogP contribution in [0, 0.1) is 0 Å². The van der Waals surface area contributed by atoms with E-state index in [0.717, 1.165) is 38.4 Å². The van der Waals surface area contributed by atoms with E-state index < -0.39 is 0 Å². The molecule has 0 aromatic carbocycles. The van der Waals surface area contributed by atoms with Gasteiger partial charge in [-0.15, -0.1) is 0 Å². The Bertz CT molecular complexity index is 455. The number of morpholine rings is 1. The van der Waals surface area contributed by atoms with Gasteiger partial charge in [0.2, 0.25) is 0 Å². The molecule has 2 rings (SSSR count). The zero-order valence-corrected chi connectivity index (χ0v) is 14.1. The Kier molecular flexibility index (Phi) is 4.89. The normalized spacial score (nSPS) is 20.5. The predicted molar refractivity (Wildman–Crippen MR) is 87.7 cm³/mol. The van der Waals surface area contributed by atoms with E-state index in [-0.39, 0.29) is 11.2 Å². The molecule has 0 amide bonds. The van der Waals surface area contributed by atoms with Crippen molar-refractivity contribution < 1.29 is 4.74 Å². The Labute approximate surface area is 128 Å². The summed E-state index contributed by atoms with van der Waals surface area (Å²) in [5.41, 5.74) is 0.982. The van der Waals surface area contributed by atoms with Gasteiger partial charge in [-0.1, -0.05) is 6.92 Å². The first-order valence-corrected chi connectivity index (χ1v) is 7.92. The lowest BCUT2D eigenvalue weighted by atomic mass is 9.99. The fraction of sp³-hybridized carbons (Fsp3) is 0.706. The van der Waals surface area contributed by atoms with Crippen molar-refractivity contribution in [2.45, 2.75) is 58.8 Å². The summed E-state index contributed by atoms with van der Waals surface area (Å²) in [6, 6.07) is 4.28. The molecule has 1 N–H and O–H groups in total. The summed E-state index contributed by atoms with van der Waals surface area (Å²) in [7, 11) is 0. The van der Waals surface area contributed by atoms with Crippen LogP contribution in [0.25, 0.3) is 0 Å². The van der Waals surface area contributed by atoms with Gasteiger partial charge in [-0.25, -0.2) is 4.98 Å². The van der Waals surface area contributed by atoms with E-state index in [4.69, 9.17) is 4.74 Å². The van der Waals surface area contributed by atoms with Gasteiger partial charge in [-0.3, -0.25) is 0 Å². The van der Waals surface area contributed by atoms with Gasteiger partial charge in [-0.2, -0.15) is 0 Å². The molecule has 4 heteroatoms. The topological polar surface area (TPSA) is 37.4 Å². The van der Waals surface area contributed by atoms with Crippen molar-refractivity contribution in [2.24, 2.45) is 0 Å². The summed E-state index contributed by atoms with van der Waals surface area (Å²) < 4.78 is 6.14. The van der Waals surface area contributed by atoms with Crippen LogP contribution in [0.3, 0.4) is 0 Å². The van der Waals surface area contributed by atoms with Gasteiger partial charge in [0.05, 0.1) is 11.2 Å². The van der Waals surface area contributed by atoms with Crippen LogP contribution in [0.2, 0.25) is 0 Å². The lowest BCUT2D eigenvalue weighted by molar-refractivity contribution is -0.133. The van der Waals surface area contributed by atoms with E-state index in [1.807, 2.05) is 6.20 Å². The zero-order chi connectivity index (χ0) is 15.5. The lowest BCUT2D eigenvalue weighted by Gasteiger charge is -2.47. The summed E-state index contributed by atoms with van der Waals surface area (Å²) >= 11 is 0. The van der Waals surface area contributed by atoms with Gasteiger partial charge in [0.25, 0.3) is 0 Å². The van der Waals surface area contributed by atoms with E-state index in [0.29, 0.717) is 0 Å². The van der Waals surface area contributed by atoms with E-state index in [9.17, 15) is 0 Å². The van der Waals surface area contributed by atoms with Gasteiger partial charge in [0.1, 0.15) is 5.82 Å². The van der Waals surface area contributed by atoms with Crippen molar-refractivity contribution in [3.05, 3.63) is 23.9 Å². The minimum Gasteiger partial charge on any atom is -0.366 e. The van der Waals surface area contributed by atoms with Crippen LogP contribution in [0.1, 0.15) is 46.6 Å². The number of anilines is 1. The van der Waals surface area contributed by atoms with Crippen molar-refractivity contribution in [2.75, 3.05) is 24.5 Å². The first-order chi connectivity index (χ1) is 9.81. The van der Waals surface area contributed by atoms with Gasteiger partial charge in [-0.05, 0) is 58.4 Å². The first-order valence-electron chi connectivity index (χ1n) is 7.92. The number of nitrogens with zero attached hydrogens (tertiary/aromatic N) is 2. The molecule has 0 unspecified atom stereocenters. The fourth-order valence-electron chi connectivity index (χ4n) is 3.10. The molecule has 1 aliphatic rings. The van der Waals surface area contributed by atoms with Crippen molar-refractivity contribution in [1.29, 1.82) is 0 Å². The average molecular weight is 291 g/mol. The minimum atomic E-state index is -0.153. The highest BCUT2D eigenvalue weighted by Gasteiger charge is 2.38. The molecule has 2 heterocycles. The number of rotatable bonds is 5. The van der Waals surface area contributed by atoms with E-state index in [1.54, 1.807) is 0 Å². The van der Waals surface area contributed by atoms with E-state index in [1.165, 1.54) is 5.56 Å². The molecule has 1 aromatic rings. The van der Waals surface area contributed by atoms with Crippen LogP contribution in [0.5, 0.6) is 0 Å². The maximum atomic E-state index is 6.14. The summed E-state index contributed by atoms with van der Waals surface area (Å²) in [5, 5.41) is 3.44. The van der Waals surface area contributed by atoms with E-state index >= 15 is 0 Å².